The molecule has 21 heavy (non-hydrogen) atoms. The molecule has 0 aliphatic carbocycles. The second kappa shape index (κ2) is 5.66. The van der Waals surface area contributed by atoms with Gasteiger partial charge in [0.25, 0.3) is 0 Å². The highest BCUT2D eigenvalue weighted by atomic mass is 16.5. The van der Waals surface area contributed by atoms with Gasteiger partial charge in [-0.05, 0) is 42.0 Å². The summed E-state index contributed by atoms with van der Waals surface area (Å²) in [7, 11) is 1.66. The van der Waals surface area contributed by atoms with Crippen molar-refractivity contribution in [2.45, 2.75) is 6.42 Å². The highest BCUT2D eigenvalue weighted by Crippen LogP contribution is 2.18. The zero-order valence-corrected chi connectivity index (χ0v) is 11.7. The Labute approximate surface area is 122 Å². The van der Waals surface area contributed by atoms with Crippen LogP contribution < -0.4 is 10.5 Å². The van der Waals surface area contributed by atoms with E-state index in [1.54, 1.807) is 7.11 Å². The molecule has 106 valence electrons. The number of aromatic amines is 1. The predicted octanol–water partition coefficient (Wildman–Crippen LogP) is 2.65. The highest BCUT2D eigenvalue weighted by Gasteiger charge is 2.06. The summed E-state index contributed by atoms with van der Waals surface area (Å²) >= 11 is 0. The number of hydrogen-bond acceptors (Lipinski definition) is 4. The van der Waals surface area contributed by atoms with Crippen LogP contribution in [0.5, 0.6) is 5.75 Å². The van der Waals surface area contributed by atoms with Crippen molar-refractivity contribution in [1.82, 2.24) is 15.2 Å². The number of hydrogen-bond donors (Lipinski definition) is 2. The minimum Gasteiger partial charge on any atom is -0.497 e. The molecule has 1 aromatic heterocycles. The zero-order chi connectivity index (χ0) is 14.7. The molecule has 0 saturated heterocycles. The van der Waals surface area contributed by atoms with Gasteiger partial charge in [0.05, 0.1) is 7.11 Å². The number of ether oxygens (including phenoxy) is 1. The molecule has 0 spiro atoms. The lowest BCUT2D eigenvalue weighted by Gasteiger charge is -2.01. The number of nitrogens with two attached hydrogens (primary N) is 1. The van der Waals surface area contributed by atoms with Crippen LogP contribution in [0.2, 0.25) is 0 Å². The van der Waals surface area contributed by atoms with Crippen LogP contribution in [0.3, 0.4) is 0 Å². The molecule has 5 heteroatoms. The fourth-order valence-corrected chi connectivity index (χ4v) is 2.07. The number of benzene rings is 2. The van der Waals surface area contributed by atoms with E-state index in [4.69, 9.17) is 10.5 Å². The first-order valence-corrected chi connectivity index (χ1v) is 6.65. The third-order valence-corrected chi connectivity index (χ3v) is 3.23. The summed E-state index contributed by atoms with van der Waals surface area (Å²) in [6, 6.07) is 15.4. The molecule has 0 bridgehead atoms. The van der Waals surface area contributed by atoms with Crippen LogP contribution >= 0.6 is 0 Å². The molecule has 0 aliphatic rings. The normalized spacial score (nSPS) is 10.5. The standard InChI is InChI=1S/C16H16N4O/c1-21-14-8-2-11(3-9-14)10-15-18-16(20-19-15)12-4-6-13(17)7-5-12/h2-9H,10,17H2,1H3,(H,18,19,20). The molecule has 0 atom stereocenters. The molecule has 2 aromatic carbocycles. The summed E-state index contributed by atoms with van der Waals surface area (Å²) in [6.07, 6.45) is 0.700. The monoisotopic (exact) mass is 280 g/mol. The third-order valence-electron chi connectivity index (χ3n) is 3.23. The molecule has 0 fully saturated rings. The van der Waals surface area contributed by atoms with Crippen LogP contribution in [0, 0.1) is 0 Å². The van der Waals surface area contributed by atoms with Crippen molar-refractivity contribution in [3.8, 4) is 17.1 Å². The van der Waals surface area contributed by atoms with Gasteiger partial charge in [-0.1, -0.05) is 12.1 Å². The van der Waals surface area contributed by atoms with E-state index in [2.05, 4.69) is 15.2 Å². The van der Waals surface area contributed by atoms with Crippen molar-refractivity contribution >= 4 is 5.69 Å². The third kappa shape index (κ3) is 3.02. The molecule has 3 N–H and O–H groups in total. The summed E-state index contributed by atoms with van der Waals surface area (Å²) in [4.78, 5) is 4.51. The van der Waals surface area contributed by atoms with E-state index >= 15 is 0 Å². The molecule has 5 nitrogen and oxygen atoms in total. The van der Waals surface area contributed by atoms with E-state index in [1.807, 2.05) is 48.5 Å². The number of nitrogens with zero attached hydrogens (tertiary/aromatic N) is 2. The summed E-state index contributed by atoms with van der Waals surface area (Å²) < 4.78 is 5.14. The Hall–Kier alpha value is -2.82. The van der Waals surface area contributed by atoms with E-state index in [1.165, 1.54) is 0 Å². The first-order chi connectivity index (χ1) is 10.2. The van der Waals surface area contributed by atoms with Gasteiger partial charge in [-0.15, -0.1) is 0 Å². The van der Waals surface area contributed by atoms with Crippen molar-refractivity contribution in [1.29, 1.82) is 0 Å². The van der Waals surface area contributed by atoms with Gasteiger partial charge >= 0.3 is 0 Å². The Morgan fingerprint density at radius 3 is 2.43 bits per heavy atom. The number of methoxy groups -OCH3 is 1. The molecule has 3 rings (SSSR count). The number of rotatable bonds is 4. The van der Waals surface area contributed by atoms with Crippen molar-refractivity contribution < 1.29 is 4.74 Å². The van der Waals surface area contributed by atoms with Gasteiger partial charge in [-0.2, -0.15) is 5.10 Å². The van der Waals surface area contributed by atoms with Gasteiger partial charge in [0.1, 0.15) is 11.6 Å². The molecule has 0 aliphatic heterocycles. The van der Waals surface area contributed by atoms with E-state index in [9.17, 15) is 0 Å². The second-order valence-electron chi connectivity index (χ2n) is 4.75. The lowest BCUT2D eigenvalue weighted by atomic mass is 10.1. The average molecular weight is 280 g/mol. The summed E-state index contributed by atoms with van der Waals surface area (Å²) in [5.41, 5.74) is 8.50. The van der Waals surface area contributed by atoms with Crippen molar-refractivity contribution in [2.75, 3.05) is 12.8 Å². The first-order valence-electron chi connectivity index (χ1n) is 6.65. The SMILES string of the molecule is COc1ccc(Cc2nc(-c3ccc(N)cc3)n[nH]2)cc1. The lowest BCUT2D eigenvalue weighted by molar-refractivity contribution is 0.414. The fourth-order valence-electron chi connectivity index (χ4n) is 2.07. The average Bonchev–Trinajstić information content (AvgIpc) is 2.97. The van der Waals surface area contributed by atoms with Crippen LogP contribution in [0.15, 0.2) is 48.5 Å². The van der Waals surface area contributed by atoms with Gasteiger partial charge in [0.2, 0.25) is 0 Å². The van der Waals surface area contributed by atoms with E-state index < -0.39 is 0 Å². The van der Waals surface area contributed by atoms with Gasteiger partial charge in [0, 0.05) is 17.7 Å². The largest absolute Gasteiger partial charge is 0.497 e. The Morgan fingerprint density at radius 2 is 1.76 bits per heavy atom. The summed E-state index contributed by atoms with van der Waals surface area (Å²) in [5, 5.41) is 7.22. The van der Waals surface area contributed by atoms with Crippen LogP contribution in [0.4, 0.5) is 5.69 Å². The van der Waals surface area contributed by atoms with E-state index in [0.29, 0.717) is 12.2 Å². The molecule has 0 saturated carbocycles. The summed E-state index contributed by atoms with van der Waals surface area (Å²) in [5.74, 6) is 2.35. The van der Waals surface area contributed by atoms with E-state index in [0.717, 1.165) is 28.4 Å². The molecule has 0 radical (unpaired) electrons. The van der Waals surface area contributed by atoms with Crippen molar-refractivity contribution in [2.24, 2.45) is 0 Å². The van der Waals surface area contributed by atoms with Crippen molar-refractivity contribution in [3.05, 3.63) is 59.9 Å². The molecule has 0 unspecified atom stereocenters. The zero-order valence-electron chi connectivity index (χ0n) is 11.7. The Balaban J connectivity index is 1.76. The van der Waals surface area contributed by atoms with Crippen LogP contribution in [0.25, 0.3) is 11.4 Å². The minimum atomic E-state index is 0.679. The highest BCUT2D eigenvalue weighted by molar-refractivity contribution is 5.58. The molecule has 1 heterocycles. The molecular weight excluding hydrogens is 264 g/mol. The maximum Gasteiger partial charge on any atom is 0.181 e. The first kappa shape index (κ1) is 13.2. The lowest BCUT2D eigenvalue weighted by Crippen LogP contribution is -1.91. The van der Waals surface area contributed by atoms with Crippen LogP contribution in [-0.2, 0) is 6.42 Å². The molecule has 0 amide bonds. The number of H-pyrrole nitrogens is 1. The van der Waals surface area contributed by atoms with Crippen molar-refractivity contribution in [3.63, 3.8) is 0 Å². The van der Waals surface area contributed by atoms with E-state index in [-0.39, 0.29) is 0 Å². The number of anilines is 1. The number of nitrogen functional groups attached to an aromatic ring is 1. The van der Waals surface area contributed by atoms with Gasteiger partial charge in [0.15, 0.2) is 5.82 Å². The van der Waals surface area contributed by atoms with Gasteiger partial charge < -0.3 is 10.5 Å². The minimum absolute atomic E-state index is 0.679. The fraction of sp³-hybridized carbons (Fsp3) is 0.125. The molecule has 3 aromatic rings. The quantitative estimate of drug-likeness (QED) is 0.720. The Morgan fingerprint density at radius 1 is 1.05 bits per heavy atom. The second-order valence-corrected chi connectivity index (χ2v) is 4.75. The molecular formula is C16H16N4O. The predicted molar refractivity (Wildman–Crippen MR) is 82.0 cm³/mol. The topological polar surface area (TPSA) is 76.8 Å². The Kier molecular flexibility index (Phi) is 3.55. The van der Waals surface area contributed by atoms with Gasteiger partial charge in [-0.25, -0.2) is 4.98 Å². The number of nitrogens with one attached hydrogen (secondary N) is 1. The van der Waals surface area contributed by atoms with Gasteiger partial charge in [-0.3, -0.25) is 5.10 Å². The van der Waals surface area contributed by atoms with Crippen LogP contribution in [-0.4, -0.2) is 22.3 Å². The maximum absolute atomic E-state index is 5.68. The number of aromatic nitrogens is 3. The smallest absolute Gasteiger partial charge is 0.181 e. The summed E-state index contributed by atoms with van der Waals surface area (Å²) in [6.45, 7) is 0. The Bertz CT molecular complexity index is 717. The van der Waals surface area contributed by atoms with Crippen LogP contribution in [0.1, 0.15) is 11.4 Å². The maximum atomic E-state index is 5.68.